The fourth-order valence-corrected chi connectivity index (χ4v) is 4.04. The minimum absolute atomic E-state index is 0.0159. The lowest BCUT2D eigenvalue weighted by Gasteiger charge is -2.31. The number of benzene rings is 4. The smallest absolute Gasteiger partial charge is 0.193 e. The first-order valence-electron chi connectivity index (χ1n) is 10.0. The average Bonchev–Trinajstić information content (AvgIpc) is 2.84. The van der Waals surface area contributed by atoms with Gasteiger partial charge in [-0.15, -0.1) is 0 Å². The Morgan fingerprint density at radius 1 is 0.633 bits per heavy atom. The van der Waals surface area contributed by atoms with Crippen LogP contribution in [0.2, 0.25) is 0 Å². The number of ketones is 1. The largest absolute Gasteiger partial charge is 0.456 e. The van der Waals surface area contributed by atoms with E-state index in [0.29, 0.717) is 16.9 Å². The Labute approximate surface area is 176 Å². The molecular formula is C28H20O2. The zero-order valence-corrected chi connectivity index (χ0v) is 16.4. The lowest BCUT2D eigenvalue weighted by atomic mass is 9.78. The Morgan fingerprint density at radius 3 is 1.90 bits per heavy atom. The Balaban J connectivity index is 1.80. The number of carbonyl (C=O) groups excluding carboxylic acids is 1. The molecule has 0 saturated carbocycles. The minimum Gasteiger partial charge on any atom is -0.456 e. The Kier molecular flexibility index (Phi) is 4.74. The molecule has 0 aromatic heterocycles. The van der Waals surface area contributed by atoms with Crippen molar-refractivity contribution in [3.63, 3.8) is 0 Å². The van der Waals surface area contributed by atoms with E-state index in [9.17, 15) is 4.79 Å². The van der Waals surface area contributed by atoms with E-state index in [4.69, 9.17) is 4.74 Å². The number of hydrogen-bond acceptors (Lipinski definition) is 2. The van der Waals surface area contributed by atoms with Gasteiger partial charge in [0.25, 0.3) is 0 Å². The van der Waals surface area contributed by atoms with Crippen LogP contribution in [0.4, 0.5) is 0 Å². The molecule has 0 amide bonds. The second kappa shape index (κ2) is 7.84. The van der Waals surface area contributed by atoms with Crippen LogP contribution in [0.25, 0.3) is 5.76 Å². The van der Waals surface area contributed by atoms with E-state index in [1.165, 1.54) is 0 Å². The van der Waals surface area contributed by atoms with Crippen molar-refractivity contribution in [3.8, 4) is 5.75 Å². The van der Waals surface area contributed by atoms with E-state index in [1.807, 2.05) is 103 Å². The molecule has 0 saturated heterocycles. The van der Waals surface area contributed by atoms with Crippen molar-refractivity contribution in [2.45, 2.75) is 5.92 Å². The molecule has 4 aromatic rings. The molecule has 0 fully saturated rings. The Hall–Kier alpha value is -3.91. The van der Waals surface area contributed by atoms with E-state index in [2.05, 4.69) is 12.1 Å². The highest BCUT2D eigenvalue weighted by Gasteiger charge is 2.35. The molecule has 0 N–H and O–H groups in total. The molecule has 144 valence electrons. The molecule has 2 heteroatoms. The highest BCUT2D eigenvalue weighted by atomic mass is 16.5. The van der Waals surface area contributed by atoms with E-state index in [-0.39, 0.29) is 11.7 Å². The van der Waals surface area contributed by atoms with Gasteiger partial charge in [-0.2, -0.15) is 0 Å². The molecule has 0 aliphatic carbocycles. The number of rotatable bonds is 4. The predicted molar refractivity (Wildman–Crippen MR) is 119 cm³/mol. The molecule has 1 aliphatic heterocycles. The summed E-state index contributed by atoms with van der Waals surface area (Å²) in [5.41, 5.74) is 4.29. The van der Waals surface area contributed by atoms with Crippen LogP contribution in [0.3, 0.4) is 0 Å². The summed E-state index contributed by atoms with van der Waals surface area (Å²) in [6.45, 7) is 0. The van der Waals surface area contributed by atoms with Gasteiger partial charge in [0.05, 0.1) is 5.57 Å². The molecular weight excluding hydrogens is 368 g/mol. The van der Waals surface area contributed by atoms with Gasteiger partial charge in [-0.05, 0) is 11.6 Å². The third-order valence-corrected chi connectivity index (χ3v) is 5.42. The maximum Gasteiger partial charge on any atom is 0.193 e. The normalized spacial score (nSPS) is 15.3. The molecule has 0 spiro atoms. The topological polar surface area (TPSA) is 26.3 Å². The van der Waals surface area contributed by atoms with Crippen molar-refractivity contribution in [2.75, 3.05) is 0 Å². The molecule has 1 atom stereocenters. The molecule has 4 aromatic carbocycles. The number of para-hydroxylation sites is 1. The summed E-state index contributed by atoms with van der Waals surface area (Å²) in [5, 5.41) is 0. The predicted octanol–water partition coefficient (Wildman–Crippen LogP) is 6.51. The highest BCUT2D eigenvalue weighted by Crippen LogP contribution is 2.46. The van der Waals surface area contributed by atoms with Crippen molar-refractivity contribution in [3.05, 3.63) is 143 Å². The maximum absolute atomic E-state index is 13.8. The summed E-state index contributed by atoms with van der Waals surface area (Å²) in [6.07, 6.45) is 0. The first-order valence-corrected chi connectivity index (χ1v) is 10.0. The van der Waals surface area contributed by atoms with Crippen LogP contribution in [0.5, 0.6) is 5.75 Å². The fourth-order valence-electron chi connectivity index (χ4n) is 4.04. The van der Waals surface area contributed by atoms with Crippen LogP contribution in [0.15, 0.2) is 121 Å². The number of fused-ring (bicyclic) bond motifs is 1. The Morgan fingerprint density at radius 2 is 1.20 bits per heavy atom. The standard InChI is InChI=1S/C28H20O2/c29-27(21-14-6-2-7-15-21)26-25(20-12-4-1-5-13-20)23-18-10-11-19-24(23)30-28(26)22-16-8-3-9-17-22/h1-19,25H. The second-order valence-electron chi connectivity index (χ2n) is 7.29. The number of carbonyl (C=O) groups is 1. The van der Waals surface area contributed by atoms with Crippen molar-refractivity contribution < 1.29 is 9.53 Å². The van der Waals surface area contributed by atoms with Crippen molar-refractivity contribution >= 4 is 11.5 Å². The van der Waals surface area contributed by atoms with Gasteiger partial charge >= 0.3 is 0 Å². The summed E-state index contributed by atoms with van der Waals surface area (Å²) in [6, 6.07) is 37.5. The molecule has 1 aliphatic rings. The van der Waals surface area contributed by atoms with Gasteiger partial charge in [0.15, 0.2) is 5.78 Å². The zero-order valence-electron chi connectivity index (χ0n) is 16.4. The molecule has 1 heterocycles. The van der Waals surface area contributed by atoms with Crippen LogP contribution in [-0.4, -0.2) is 5.78 Å². The van der Waals surface area contributed by atoms with Gasteiger partial charge in [0, 0.05) is 22.6 Å². The van der Waals surface area contributed by atoms with Gasteiger partial charge in [0.2, 0.25) is 0 Å². The van der Waals surface area contributed by atoms with Crippen LogP contribution >= 0.6 is 0 Å². The van der Waals surface area contributed by atoms with E-state index < -0.39 is 0 Å². The maximum atomic E-state index is 13.8. The summed E-state index contributed by atoms with van der Waals surface area (Å²) < 4.78 is 6.38. The monoisotopic (exact) mass is 388 g/mol. The fraction of sp³-hybridized carbons (Fsp3) is 0.0357. The highest BCUT2D eigenvalue weighted by molar-refractivity contribution is 6.14. The quantitative estimate of drug-likeness (QED) is 0.373. The van der Waals surface area contributed by atoms with Crippen LogP contribution in [0.1, 0.15) is 33.0 Å². The summed E-state index contributed by atoms with van der Waals surface area (Å²) in [5.74, 6) is 1.18. The summed E-state index contributed by atoms with van der Waals surface area (Å²) >= 11 is 0. The third kappa shape index (κ3) is 3.23. The Bertz CT molecular complexity index is 1210. The van der Waals surface area contributed by atoms with Crippen LogP contribution < -0.4 is 4.74 Å². The van der Waals surface area contributed by atoms with E-state index in [0.717, 1.165) is 22.4 Å². The lowest BCUT2D eigenvalue weighted by molar-refractivity contribution is 0.102. The van der Waals surface area contributed by atoms with Gasteiger partial charge in [-0.3, -0.25) is 4.79 Å². The van der Waals surface area contributed by atoms with Gasteiger partial charge < -0.3 is 4.74 Å². The third-order valence-electron chi connectivity index (χ3n) is 5.42. The lowest BCUT2D eigenvalue weighted by Crippen LogP contribution is -2.22. The number of allylic oxidation sites excluding steroid dienone is 1. The first-order chi connectivity index (χ1) is 14.8. The van der Waals surface area contributed by atoms with E-state index in [1.54, 1.807) is 0 Å². The van der Waals surface area contributed by atoms with E-state index >= 15 is 0 Å². The molecule has 2 nitrogen and oxygen atoms in total. The molecule has 5 rings (SSSR count). The van der Waals surface area contributed by atoms with Crippen LogP contribution in [0, 0.1) is 0 Å². The number of Topliss-reactive ketones (excluding diaryl/α,β-unsaturated/α-hetero) is 1. The average molecular weight is 388 g/mol. The van der Waals surface area contributed by atoms with Crippen molar-refractivity contribution in [2.24, 2.45) is 0 Å². The molecule has 0 radical (unpaired) electrons. The van der Waals surface area contributed by atoms with Crippen molar-refractivity contribution in [1.29, 1.82) is 0 Å². The summed E-state index contributed by atoms with van der Waals surface area (Å²) in [7, 11) is 0. The van der Waals surface area contributed by atoms with Crippen LogP contribution in [-0.2, 0) is 0 Å². The molecule has 30 heavy (non-hydrogen) atoms. The zero-order chi connectivity index (χ0) is 20.3. The van der Waals surface area contributed by atoms with Crippen molar-refractivity contribution in [1.82, 2.24) is 0 Å². The second-order valence-corrected chi connectivity index (χ2v) is 7.29. The van der Waals surface area contributed by atoms with Gasteiger partial charge in [0.1, 0.15) is 11.5 Å². The number of hydrogen-bond donors (Lipinski definition) is 0. The molecule has 0 bridgehead atoms. The minimum atomic E-state index is -0.209. The summed E-state index contributed by atoms with van der Waals surface area (Å²) in [4.78, 5) is 13.8. The number of ether oxygens (including phenoxy) is 1. The van der Waals surface area contributed by atoms with Gasteiger partial charge in [-0.25, -0.2) is 0 Å². The SMILES string of the molecule is O=C(C1=C(c2ccccc2)Oc2ccccc2C1c1ccccc1)c1ccccc1. The first kappa shape index (κ1) is 18.1. The molecule has 1 unspecified atom stereocenters. The van der Waals surface area contributed by atoms with Gasteiger partial charge in [-0.1, -0.05) is 109 Å².